The Labute approximate surface area is 94.1 Å². The van der Waals surface area contributed by atoms with Crippen LogP contribution >= 0.6 is 22.9 Å². The molecule has 0 spiro atoms. The highest BCUT2D eigenvalue weighted by Crippen LogP contribution is 2.22. The first-order valence-corrected chi connectivity index (χ1v) is 5.52. The van der Waals surface area contributed by atoms with Gasteiger partial charge in [0.25, 0.3) is 0 Å². The van der Waals surface area contributed by atoms with Gasteiger partial charge in [-0.25, -0.2) is 0 Å². The molecule has 0 aromatic carbocycles. The number of thiophene rings is 1. The first kappa shape index (κ1) is 8.82. The van der Waals surface area contributed by atoms with Crippen LogP contribution in [0.1, 0.15) is 0 Å². The monoisotopic (exact) mass is 236 g/mol. The van der Waals surface area contributed by atoms with Crippen LogP contribution in [0.5, 0.6) is 0 Å². The van der Waals surface area contributed by atoms with Crippen molar-refractivity contribution in [2.75, 3.05) is 0 Å². The van der Waals surface area contributed by atoms with Crippen LogP contribution in [0.2, 0.25) is 5.15 Å². The molecule has 0 amide bonds. The Morgan fingerprint density at radius 3 is 2.93 bits per heavy atom. The number of hydrogen-bond acceptors (Lipinski definition) is 4. The minimum atomic E-state index is 0.431. The highest BCUT2D eigenvalue weighted by atomic mass is 35.5. The van der Waals surface area contributed by atoms with Gasteiger partial charge >= 0.3 is 0 Å². The molecule has 3 aromatic rings. The molecule has 0 N–H and O–H groups in total. The Morgan fingerprint density at radius 2 is 2.13 bits per heavy atom. The van der Waals surface area contributed by atoms with Gasteiger partial charge in [0.15, 0.2) is 11.5 Å². The van der Waals surface area contributed by atoms with E-state index in [1.807, 2.05) is 17.5 Å². The van der Waals surface area contributed by atoms with Crippen LogP contribution in [0, 0.1) is 0 Å². The van der Waals surface area contributed by atoms with Gasteiger partial charge in [-0.3, -0.25) is 0 Å². The van der Waals surface area contributed by atoms with E-state index in [1.54, 1.807) is 28.0 Å². The normalized spacial score (nSPS) is 11.0. The summed E-state index contributed by atoms with van der Waals surface area (Å²) in [5, 5.41) is 14.7. The lowest BCUT2D eigenvalue weighted by atomic mass is 10.4. The lowest BCUT2D eigenvalue weighted by molar-refractivity contribution is 0.939. The van der Waals surface area contributed by atoms with Crippen molar-refractivity contribution in [1.82, 2.24) is 19.8 Å². The van der Waals surface area contributed by atoms with Crippen molar-refractivity contribution in [3.05, 3.63) is 34.8 Å². The van der Waals surface area contributed by atoms with Crippen LogP contribution < -0.4 is 0 Å². The largest absolute Gasteiger partial charge is 0.195 e. The highest BCUT2D eigenvalue weighted by molar-refractivity contribution is 7.13. The van der Waals surface area contributed by atoms with Crippen molar-refractivity contribution in [3.63, 3.8) is 0 Å². The van der Waals surface area contributed by atoms with Gasteiger partial charge in [0, 0.05) is 0 Å². The molecule has 4 nitrogen and oxygen atoms in total. The maximum Gasteiger partial charge on any atom is 0.195 e. The maximum atomic E-state index is 5.82. The van der Waals surface area contributed by atoms with E-state index in [2.05, 4.69) is 15.3 Å². The maximum absolute atomic E-state index is 5.82. The zero-order valence-corrected chi connectivity index (χ0v) is 9.03. The molecule has 0 aliphatic heterocycles. The molecule has 3 heterocycles. The van der Waals surface area contributed by atoms with E-state index in [9.17, 15) is 0 Å². The van der Waals surface area contributed by atoms with Gasteiger partial charge in [0.2, 0.25) is 0 Å². The third-order valence-corrected chi connectivity index (χ3v) is 3.04. The number of fused-ring (bicyclic) bond motifs is 1. The first-order valence-electron chi connectivity index (χ1n) is 4.26. The summed E-state index contributed by atoms with van der Waals surface area (Å²) in [5.74, 6) is 0.725. The molecule has 0 unspecified atom stereocenters. The molecule has 74 valence electrons. The van der Waals surface area contributed by atoms with Gasteiger partial charge in [-0.05, 0) is 23.6 Å². The summed E-state index contributed by atoms with van der Waals surface area (Å²) in [4.78, 5) is 1.03. The van der Waals surface area contributed by atoms with E-state index in [1.165, 1.54) is 0 Å². The molecule has 0 saturated heterocycles. The van der Waals surface area contributed by atoms with Crippen molar-refractivity contribution in [1.29, 1.82) is 0 Å². The average molecular weight is 237 g/mol. The van der Waals surface area contributed by atoms with E-state index >= 15 is 0 Å². The van der Waals surface area contributed by atoms with Crippen molar-refractivity contribution in [2.45, 2.75) is 0 Å². The van der Waals surface area contributed by atoms with E-state index < -0.39 is 0 Å². The van der Waals surface area contributed by atoms with Gasteiger partial charge in [0.1, 0.15) is 5.15 Å². The van der Waals surface area contributed by atoms with E-state index in [4.69, 9.17) is 11.6 Å². The fraction of sp³-hybridized carbons (Fsp3) is 0. The zero-order chi connectivity index (χ0) is 10.3. The fourth-order valence-electron chi connectivity index (χ4n) is 1.33. The molecule has 0 fully saturated rings. The van der Waals surface area contributed by atoms with Crippen LogP contribution in [-0.2, 0) is 0 Å². The van der Waals surface area contributed by atoms with Gasteiger partial charge < -0.3 is 0 Å². The second-order valence-corrected chi connectivity index (χ2v) is 4.26. The van der Waals surface area contributed by atoms with Crippen LogP contribution in [0.4, 0.5) is 0 Å². The number of halogens is 1. The molecule has 0 aliphatic carbocycles. The summed E-state index contributed by atoms with van der Waals surface area (Å²) in [6.07, 6.45) is 0. The van der Waals surface area contributed by atoms with Gasteiger partial charge in [-0.1, -0.05) is 17.7 Å². The van der Waals surface area contributed by atoms with Crippen molar-refractivity contribution in [2.24, 2.45) is 0 Å². The van der Waals surface area contributed by atoms with E-state index in [0.29, 0.717) is 10.8 Å². The Bertz CT molecular complexity index is 602. The molecule has 0 saturated carbocycles. The smallest absolute Gasteiger partial charge is 0.190 e. The van der Waals surface area contributed by atoms with Crippen molar-refractivity contribution in [3.8, 4) is 10.7 Å². The topological polar surface area (TPSA) is 43.1 Å². The Morgan fingerprint density at radius 1 is 1.20 bits per heavy atom. The van der Waals surface area contributed by atoms with Gasteiger partial charge in [-0.15, -0.1) is 21.5 Å². The predicted molar refractivity (Wildman–Crippen MR) is 59.1 cm³/mol. The van der Waals surface area contributed by atoms with Crippen LogP contribution in [0.25, 0.3) is 16.3 Å². The fourth-order valence-corrected chi connectivity index (χ4v) is 2.16. The van der Waals surface area contributed by atoms with E-state index in [0.717, 1.165) is 10.7 Å². The second-order valence-electron chi connectivity index (χ2n) is 2.93. The minimum Gasteiger partial charge on any atom is -0.190 e. The quantitative estimate of drug-likeness (QED) is 0.652. The molecule has 0 atom stereocenters. The summed E-state index contributed by atoms with van der Waals surface area (Å²) in [6.45, 7) is 0. The number of nitrogens with zero attached hydrogens (tertiary/aromatic N) is 4. The number of aromatic nitrogens is 4. The van der Waals surface area contributed by atoms with Crippen molar-refractivity contribution >= 4 is 28.6 Å². The molecule has 0 bridgehead atoms. The Kier molecular flexibility index (Phi) is 1.93. The summed E-state index contributed by atoms with van der Waals surface area (Å²) < 4.78 is 1.65. The average Bonchev–Trinajstić information content (AvgIpc) is 2.83. The van der Waals surface area contributed by atoms with Gasteiger partial charge in [0.05, 0.1) is 4.88 Å². The van der Waals surface area contributed by atoms with Gasteiger partial charge in [-0.2, -0.15) is 9.61 Å². The molecular formula is C9H5ClN4S. The lowest BCUT2D eigenvalue weighted by Crippen LogP contribution is -1.93. The molecule has 6 heteroatoms. The second kappa shape index (κ2) is 3.29. The molecule has 3 rings (SSSR count). The molecule has 0 aliphatic rings. The molecule has 0 radical (unpaired) electrons. The third-order valence-electron chi connectivity index (χ3n) is 1.97. The Hall–Kier alpha value is -1.46. The standard InChI is InChI=1S/C9H5ClN4S/c10-7-3-4-8-11-12-9(14(8)13-7)6-2-1-5-15-6/h1-5H. The summed E-state index contributed by atoms with van der Waals surface area (Å²) in [5.41, 5.74) is 0.697. The SMILES string of the molecule is Clc1ccc2nnc(-c3cccs3)n2n1. The highest BCUT2D eigenvalue weighted by Gasteiger charge is 2.09. The Balaban J connectivity index is 2.32. The third kappa shape index (κ3) is 1.40. The number of rotatable bonds is 1. The number of hydrogen-bond donors (Lipinski definition) is 0. The molecule has 3 aromatic heterocycles. The van der Waals surface area contributed by atoms with E-state index in [-0.39, 0.29) is 0 Å². The van der Waals surface area contributed by atoms with Crippen LogP contribution in [0.15, 0.2) is 29.6 Å². The summed E-state index contributed by atoms with van der Waals surface area (Å²) in [6, 6.07) is 7.43. The first-order chi connectivity index (χ1) is 7.34. The van der Waals surface area contributed by atoms with Crippen molar-refractivity contribution < 1.29 is 0 Å². The molecular weight excluding hydrogens is 232 g/mol. The van der Waals surface area contributed by atoms with Crippen LogP contribution in [-0.4, -0.2) is 19.8 Å². The minimum absolute atomic E-state index is 0.431. The van der Waals surface area contributed by atoms with Crippen LogP contribution in [0.3, 0.4) is 0 Å². The summed E-state index contributed by atoms with van der Waals surface area (Å²) >= 11 is 7.42. The predicted octanol–water partition coefficient (Wildman–Crippen LogP) is 2.51. The lowest BCUT2D eigenvalue weighted by Gasteiger charge is -1.95. The zero-order valence-electron chi connectivity index (χ0n) is 7.46. The summed E-state index contributed by atoms with van der Waals surface area (Å²) in [7, 11) is 0. The molecule has 15 heavy (non-hydrogen) atoms.